The molecule has 1 N–H and O–H groups in total. The Hall–Kier alpha value is -2.95. The highest BCUT2D eigenvalue weighted by atomic mass is 32.2. The number of morpholine rings is 1. The molecule has 2 aromatic heterocycles. The molecule has 9 nitrogen and oxygen atoms in total. The standard InChI is InChI=1S/C24H29N5O4S/c1-17-18(2)26-22-5-3-19(15-21(17)22)24(30)28-9-7-27(8-10-28)23-6-4-20(16-25-23)34(31,32)29-11-13-33-14-12-29/h3-6,15-16,26H,7-14H2,1-2H3. The molecule has 180 valence electrons. The lowest BCUT2D eigenvalue weighted by atomic mass is 10.1. The number of aromatic amines is 1. The van der Waals surface area contributed by atoms with E-state index in [2.05, 4.69) is 21.8 Å². The molecule has 0 spiro atoms. The number of fused-ring (bicyclic) bond motifs is 1. The fourth-order valence-electron chi connectivity index (χ4n) is 4.56. The van der Waals surface area contributed by atoms with E-state index in [1.54, 1.807) is 12.1 Å². The largest absolute Gasteiger partial charge is 0.379 e. The number of nitrogens with one attached hydrogen (secondary N) is 1. The van der Waals surface area contributed by atoms with Crippen LogP contribution >= 0.6 is 0 Å². The number of hydrogen-bond acceptors (Lipinski definition) is 6. The summed E-state index contributed by atoms with van der Waals surface area (Å²) in [4.78, 5) is 25.0. The number of hydrogen-bond donors (Lipinski definition) is 1. The van der Waals surface area contributed by atoms with E-state index in [9.17, 15) is 13.2 Å². The molecule has 4 heterocycles. The third-order valence-electron chi connectivity index (χ3n) is 6.77. The first-order chi connectivity index (χ1) is 16.3. The molecule has 2 fully saturated rings. The van der Waals surface area contributed by atoms with Crippen molar-refractivity contribution in [3.05, 3.63) is 53.3 Å². The molecule has 2 aliphatic rings. The second kappa shape index (κ2) is 9.01. The number of aromatic nitrogens is 2. The third-order valence-corrected chi connectivity index (χ3v) is 8.66. The molecule has 0 bridgehead atoms. The number of pyridine rings is 1. The summed E-state index contributed by atoms with van der Waals surface area (Å²) >= 11 is 0. The second-order valence-corrected chi connectivity index (χ2v) is 10.7. The Balaban J connectivity index is 1.23. The van der Waals surface area contributed by atoms with Crippen molar-refractivity contribution in [2.45, 2.75) is 18.7 Å². The van der Waals surface area contributed by atoms with Crippen LogP contribution in [0.4, 0.5) is 5.82 Å². The Labute approximate surface area is 199 Å². The van der Waals surface area contributed by atoms with Crippen molar-refractivity contribution in [3.63, 3.8) is 0 Å². The summed E-state index contributed by atoms with van der Waals surface area (Å²) in [5, 5.41) is 1.08. The zero-order chi connectivity index (χ0) is 23.9. The smallest absolute Gasteiger partial charge is 0.253 e. The van der Waals surface area contributed by atoms with Crippen LogP contribution in [0.5, 0.6) is 0 Å². The van der Waals surface area contributed by atoms with Crippen LogP contribution in [-0.2, 0) is 14.8 Å². The predicted octanol–water partition coefficient (Wildman–Crippen LogP) is 2.16. The Morgan fingerprint density at radius 1 is 1.00 bits per heavy atom. The summed E-state index contributed by atoms with van der Waals surface area (Å²) in [6.45, 7) is 8.07. The zero-order valence-corrected chi connectivity index (χ0v) is 20.3. The SMILES string of the molecule is Cc1[nH]c2ccc(C(=O)N3CCN(c4ccc(S(=O)(=O)N5CCOCC5)cn4)CC3)cc2c1C. The van der Waals surface area contributed by atoms with Crippen LogP contribution in [0.3, 0.4) is 0 Å². The van der Waals surface area contributed by atoms with Gasteiger partial charge in [0.1, 0.15) is 10.7 Å². The van der Waals surface area contributed by atoms with Crippen molar-refractivity contribution < 1.29 is 17.9 Å². The minimum Gasteiger partial charge on any atom is -0.379 e. The summed E-state index contributed by atoms with van der Waals surface area (Å²) in [6.07, 6.45) is 1.42. The van der Waals surface area contributed by atoms with E-state index in [1.165, 1.54) is 16.1 Å². The normalized spacial score (nSPS) is 17.9. The molecule has 2 aliphatic heterocycles. The van der Waals surface area contributed by atoms with Gasteiger partial charge in [-0.3, -0.25) is 4.79 Å². The van der Waals surface area contributed by atoms with Gasteiger partial charge in [0.15, 0.2) is 0 Å². The fourth-order valence-corrected chi connectivity index (χ4v) is 5.92. The molecule has 0 radical (unpaired) electrons. The fraction of sp³-hybridized carbons (Fsp3) is 0.417. The monoisotopic (exact) mass is 483 g/mol. The van der Waals surface area contributed by atoms with E-state index < -0.39 is 10.0 Å². The van der Waals surface area contributed by atoms with Crippen LogP contribution in [0.25, 0.3) is 10.9 Å². The maximum atomic E-state index is 13.1. The quantitative estimate of drug-likeness (QED) is 0.611. The van der Waals surface area contributed by atoms with Gasteiger partial charge in [0.2, 0.25) is 10.0 Å². The summed E-state index contributed by atoms with van der Waals surface area (Å²) in [6, 6.07) is 9.17. The van der Waals surface area contributed by atoms with Crippen molar-refractivity contribution in [1.82, 2.24) is 19.2 Å². The van der Waals surface area contributed by atoms with Crippen LogP contribution < -0.4 is 4.90 Å². The summed E-state index contributed by atoms with van der Waals surface area (Å²) in [5.74, 6) is 0.743. The number of benzene rings is 1. The number of rotatable bonds is 4. The van der Waals surface area contributed by atoms with Gasteiger partial charge >= 0.3 is 0 Å². The van der Waals surface area contributed by atoms with Gasteiger partial charge in [0.25, 0.3) is 5.91 Å². The van der Waals surface area contributed by atoms with Crippen LogP contribution in [0, 0.1) is 13.8 Å². The number of aryl methyl sites for hydroxylation is 2. The number of amides is 1. The molecule has 34 heavy (non-hydrogen) atoms. The molecule has 0 atom stereocenters. The first kappa shape index (κ1) is 22.8. The molecule has 0 unspecified atom stereocenters. The predicted molar refractivity (Wildman–Crippen MR) is 130 cm³/mol. The lowest BCUT2D eigenvalue weighted by Crippen LogP contribution is -2.49. The van der Waals surface area contributed by atoms with Crippen LogP contribution in [0.15, 0.2) is 41.4 Å². The number of sulfonamides is 1. The van der Waals surface area contributed by atoms with E-state index in [0.717, 1.165) is 16.6 Å². The number of ether oxygens (including phenoxy) is 1. The minimum atomic E-state index is -3.56. The van der Waals surface area contributed by atoms with Gasteiger partial charge in [0, 0.05) is 67.6 Å². The van der Waals surface area contributed by atoms with Gasteiger partial charge in [-0.15, -0.1) is 0 Å². The van der Waals surface area contributed by atoms with Gasteiger partial charge < -0.3 is 19.5 Å². The third kappa shape index (κ3) is 4.17. The maximum absolute atomic E-state index is 13.1. The van der Waals surface area contributed by atoms with E-state index in [0.29, 0.717) is 63.9 Å². The van der Waals surface area contributed by atoms with Crippen LogP contribution in [0.2, 0.25) is 0 Å². The Morgan fingerprint density at radius 3 is 2.41 bits per heavy atom. The molecule has 1 aromatic carbocycles. The van der Waals surface area contributed by atoms with E-state index in [-0.39, 0.29) is 10.8 Å². The van der Waals surface area contributed by atoms with Crippen molar-refractivity contribution in [2.75, 3.05) is 57.4 Å². The van der Waals surface area contributed by atoms with Crippen LogP contribution in [-0.4, -0.2) is 86.0 Å². The molecule has 5 rings (SSSR count). The van der Waals surface area contributed by atoms with Crippen LogP contribution in [0.1, 0.15) is 21.6 Å². The van der Waals surface area contributed by atoms with Crippen molar-refractivity contribution in [1.29, 1.82) is 0 Å². The molecule has 10 heteroatoms. The van der Waals surface area contributed by atoms with Crippen molar-refractivity contribution in [2.24, 2.45) is 0 Å². The highest BCUT2D eigenvalue weighted by molar-refractivity contribution is 7.89. The van der Waals surface area contributed by atoms with Gasteiger partial charge in [0.05, 0.1) is 13.2 Å². The number of nitrogens with zero attached hydrogens (tertiary/aromatic N) is 4. The zero-order valence-electron chi connectivity index (χ0n) is 19.5. The van der Waals surface area contributed by atoms with E-state index >= 15 is 0 Å². The topological polar surface area (TPSA) is 98.8 Å². The number of piperazine rings is 1. The van der Waals surface area contributed by atoms with Gasteiger partial charge in [-0.2, -0.15) is 4.31 Å². The Morgan fingerprint density at radius 2 is 1.74 bits per heavy atom. The first-order valence-corrected chi connectivity index (χ1v) is 13.0. The minimum absolute atomic E-state index is 0.0275. The van der Waals surface area contributed by atoms with Gasteiger partial charge in [-0.25, -0.2) is 13.4 Å². The molecule has 3 aromatic rings. The second-order valence-electron chi connectivity index (χ2n) is 8.78. The maximum Gasteiger partial charge on any atom is 0.253 e. The molecular formula is C24H29N5O4S. The molecular weight excluding hydrogens is 454 g/mol. The lowest BCUT2D eigenvalue weighted by molar-refractivity contribution is 0.0730. The van der Waals surface area contributed by atoms with Crippen molar-refractivity contribution in [3.8, 4) is 0 Å². The number of H-pyrrole nitrogens is 1. The lowest BCUT2D eigenvalue weighted by Gasteiger charge is -2.35. The van der Waals surface area contributed by atoms with Gasteiger partial charge in [-0.05, 0) is 49.7 Å². The number of anilines is 1. The number of carbonyl (C=O) groups excluding carboxylic acids is 1. The van der Waals surface area contributed by atoms with E-state index in [1.807, 2.05) is 30.0 Å². The van der Waals surface area contributed by atoms with Gasteiger partial charge in [-0.1, -0.05) is 0 Å². The summed E-state index contributed by atoms with van der Waals surface area (Å²) in [5.41, 5.74) is 4.02. The molecule has 0 aliphatic carbocycles. The molecule has 2 saturated heterocycles. The summed E-state index contributed by atoms with van der Waals surface area (Å²) in [7, 11) is -3.56. The van der Waals surface area contributed by atoms with E-state index in [4.69, 9.17) is 4.74 Å². The van der Waals surface area contributed by atoms with Crippen molar-refractivity contribution >= 4 is 32.7 Å². The average molecular weight is 484 g/mol. The Kier molecular flexibility index (Phi) is 6.05. The summed E-state index contributed by atoms with van der Waals surface area (Å²) < 4.78 is 32.3. The Bertz CT molecular complexity index is 1310. The number of carbonyl (C=O) groups is 1. The average Bonchev–Trinajstić information content (AvgIpc) is 3.17. The molecule has 0 saturated carbocycles. The highest BCUT2D eigenvalue weighted by Gasteiger charge is 2.28. The molecule has 1 amide bonds. The highest BCUT2D eigenvalue weighted by Crippen LogP contribution is 2.24. The first-order valence-electron chi connectivity index (χ1n) is 11.5.